The number of rotatable bonds is 22. The number of carbonyl (C=O) groups excluding carboxylic acids is 1. The summed E-state index contributed by atoms with van der Waals surface area (Å²) in [5, 5.41) is 0. The molecule has 0 aromatic rings. The molecule has 4 heteroatoms. The summed E-state index contributed by atoms with van der Waals surface area (Å²) in [6.07, 6.45) is 27.8. The van der Waals surface area contributed by atoms with Crippen LogP contribution in [0.3, 0.4) is 0 Å². The Labute approximate surface area is 195 Å². The van der Waals surface area contributed by atoms with Crippen molar-refractivity contribution in [2.45, 2.75) is 149 Å². The van der Waals surface area contributed by atoms with Crippen LogP contribution in [0.2, 0.25) is 19.6 Å². The molecular formula is C27H54O3Si. The summed E-state index contributed by atoms with van der Waals surface area (Å²) in [4.78, 5) is 11.8. The third-order valence-corrected chi connectivity index (χ3v) is 6.52. The van der Waals surface area contributed by atoms with Gasteiger partial charge in [0, 0.05) is 0 Å². The molecule has 0 saturated carbocycles. The maximum atomic E-state index is 11.8. The Morgan fingerprint density at radius 1 is 0.645 bits per heavy atom. The van der Waals surface area contributed by atoms with E-state index in [2.05, 4.69) is 26.6 Å². The molecule has 0 spiro atoms. The molecule has 0 N–H and O–H groups in total. The van der Waals surface area contributed by atoms with Gasteiger partial charge in [0.1, 0.15) is 0 Å². The predicted molar refractivity (Wildman–Crippen MR) is 138 cm³/mol. The van der Waals surface area contributed by atoms with Crippen LogP contribution in [0.25, 0.3) is 0 Å². The average Bonchev–Trinajstić information content (AvgIpc) is 2.73. The lowest BCUT2D eigenvalue weighted by molar-refractivity contribution is -0.138. The van der Waals surface area contributed by atoms with E-state index in [1.807, 2.05) is 6.08 Å². The molecule has 31 heavy (non-hydrogen) atoms. The summed E-state index contributed by atoms with van der Waals surface area (Å²) in [5.41, 5.74) is 0. The van der Waals surface area contributed by atoms with Gasteiger partial charge in [0.15, 0.2) is 5.76 Å². The number of methoxy groups -OCH3 is 1. The van der Waals surface area contributed by atoms with E-state index in [1.165, 1.54) is 116 Å². The van der Waals surface area contributed by atoms with Crippen molar-refractivity contribution in [1.82, 2.24) is 0 Å². The van der Waals surface area contributed by atoms with Gasteiger partial charge in [-0.25, -0.2) is 4.79 Å². The van der Waals surface area contributed by atoms with E-state index in [9.17, 15) is 4.79 Å². The SMILES string of the molecule is CCCCCCCCCCCCCCCCCCCC/C=C(\O[Si](C)(C)C)C(=O)OC. The largest absolute Gasteiger partial charge is 0.540 e. The first-order valence-electron chi connectivity index (χ1n) is 13.4. The number of hydrogen-bond donors (Lipinski definition) is 0. The lowest BCUT2D eigenvalue weighted by Gasteiger charge is -2.20. The second-order valence-electron chi connectivity index (χ2n) is 10.1. The molecule has 0 aromatic heterocycles. The monoisotopic (exact) mass is 454 g/mol. The van der Waals surface area contributed by atoms with Crippen molar-refractivity contribution in [3.63, 3.8) is 0 Å². The molecule has 0 amide bonds. The first-order valence-corrected chi connectivity index (χ1v) is 16.8. The maximum Gasteiger partial charge on any atom is 0.371 e. The molecule has 0 aliphatic heterocycles. The molecule has 0 rings (SSSR count). The van der Waals surface area contributed by atoms with Gasteiger partial charge in [0.05, 0.1) is 7.11 Å². The zero-order chi connectivity index (χ0) is 23.2. The highest BCUT2D eigenvalue weighted by Crippen LogP contribution is 2.16. The Balaban J connectivity index is 3.45. The van der Waals surface area contributed by atoms with E-state index >= 15 is 0 Å². The topological polar surface area (TPSA) is 35.5 Å². The van der Waals surface area contributed by atoms with Crippen LogP contribution >= 0.6 is 0 Å². The summed E-state index contributed by atoms with van der Waals surface area (Å²) < 4.78 is 10.7. The molecule has 0 fully saturated rings. The molecule has 0 bridgehead atoms. The van der Waals surface area contributed by atoms with Gasteiger partial charge >= 0.3 is 5.97 Å². The fourth-order valence-electron chi connectivity index (χ4n) is 3.88. The highest BCUT2D eigenvalue weighted by molar-refractivity contribution is 6.70. The first kappa shape index (κ1) is 30.2. The van der Waals surface area contributed by atoms with Crippen molar-refractivity contribution in [3.05, 3.63) is 11.8 Å². The lowest BCUT2D eigenvalue weighted by atomic mass is 10.0. The van der Waals surface area contributed by atoms with Crippen molar-refractivity contribution in [3.8, 4) is 0 Å². The van der Waals surface area contributed by atoms with Crippen molar-refractivity contribution in [1.29, 1.82) is 0 Å². The summed E-state index contributed by atoms with van der Waals surface area (Å²) in [6, 6.07) is 0. The third-order valence-electron chi connectivity index (χ3n) is 5.69. The smallest absolute Gasteiger partial charge is 0.371 e. The Morgan fingerprint density at radius 2 is 1.00 bits per heavy atom. The van der Waals surface area contributed by atoms with Gasteiger partial charge in [-0.3, -0.25) is 0 Å². The number of ether oxygens (including phenoxy) is 1. The summed E-state index contributed by atoms with van der Waals surface area (Å²) in [7, 11) is -0.367. The Bertz CT molecular complexity index is 440. The van der Waals surface area contributed by atoms with E-state index in [-0.39, 0.29) is 5.97 Å². The van der Waals surface area contributed by atoms with Gasteiger partial charge in [-0.1, -0.05) is 116 Å². The standard InChI is InChI=1S/C27H54O3Si/c1-6-7-8-9-10-11-12-13-14-15-16-17-18-19-20-21-22-23-24-25-26(27(28)29-2)30-31(3,4)5/h25H,6-24H2,1-5H3/b26-25-. The summed E-state index contributed by atoms with van der Waals surface area (Å²) in [5.74, 6) is 0.0680. The van der Waals surface area contributed by atoms with Crippen LogP contribution in [0.5, 0.6) is 0 Å². The van der Waals surface area contributed by atoms with Gasteiger partial charge in [0.25, 0.3) is 0 Å². The van der Waals surface area contributed by atoms with Crippen LogP contribution in [-0.4, -0.2) is 21.4 Å². The van der Waals surface area contributed by atoms with Gasteiger partial charge in [0.2, 0.25) is 8.32 Å². The van der Waals surface area contributed by atoms with Gasteiger partial charge in [-0.2, -0.15) is 0 Å². The fraction of sp³-hybridized carbons (Fsp3) is 0.889. The normalized spacial score (nSPS) is 12.2. The van der Waals surface area contributed by atoms with Gasteiger partial charge in [-0.05, 0) is 38.6 Å². The number of allylic oxidation sites excluding steroid dienone is 1. The quantitative estimate of drug-likeness (QED) is 0.0537. The second-order valence-corrected chi connectivity index (χ2v) is 14.5. The van der Waals surface area contributed by atoms with Crippen molar-refractivity contribution < 1.29 is 14.0 Å². The van der Waals surface area contributed by atoms with Gasteiger partial charge < -0.3 is 9.16 Å². The van der Waals surface area contributed by atoms with Crippen LogP contribution in [-0.2, 0) is 14.0 Å². The maximum absolute atomic E-state index is 11.8. The highest BCUT2D eigenvalue weighted by atomic mass is 28.4. The molecule has 184 valence electrons. The molecule has 3 nitrogen and oxygen atoms in total. The minimum absolute atomic E-state index is 0.343. The van der Waals surface area contributed by atoms with Crippen LogP contribution in [0, 0.1) is 0 Å². The molecule has 0 saturated heterocycles. The number of unbranched alkanes of at least 4 members (excludes halogenated alkanes) is 18. The van der Waals surface area contributed by atoms with Gasteiger partial charge in [-0.15, -0.1) is 0 Å². The Morgan fingerprint density at radius 3 is 1.32 bits per heavy atom. The second kappa shape index (κ2) is 21.1. The average molecular weight is 455 g/mol. The number of hydrogen-bond acceptors (Lipinski definition) is 3. The summed E-state index contributed by atoms with van der Waals surface area (Å²) >= 11 is 0. The molecule has 0 atom stereocenters. The fourth-order valence-corrected chi connectivity index (χ4v) is 4.70. The first-order chi connectivity index (χ1) is 14.9. The van der Waals surface area contributed by atoms with Crippen molar-refractivity contribution in [2.75, 3.05) is 7.11 Å². The predicted octanol–water partition coefficient (Wildman–Crippen LogP) is 9.33. The van der Waals surface area contributed by atoms with Crippen LogP contribution in [0.15, 0.2) is 11.8 Å². The molecule has 0 heterocycles. The van der Waals surface area contributed by atoms with E-state index < -0.39 is 8.32 Å². The Hall–Kier alpha value is -0.773. The minimum Gasteiger partial charge on any atom is -0.540 e. The summed E-state index contributed by atoms with van der Waals surface area (Å²) in [6.45, 7) is 8.54. The van der Waals surface area contributed by atoms with Crippen LogP contribution in [0.1, 0.15) is 129 Å². The van der Waals surface area contributed by atoms with E-state index in [1.54, 1.807) is 0 Å². The zero-order valence-electron chi connectivity index (χ0n) is 21.7. The van der Waals surface area contributed by atoms with Crippen molar-refractivity contribution in [2.24, 2.45) is 0 Å². The van der Waals surface area contributed by atoms with Crippen LogP contribution in [0.4, 0.5) is 0 Å². The number of carbonyl (C=O) groups is 1. The molecular weight excluding hydrogens is 400 g/mol. The van der Waals surface area contributed by atoms with Crippen molar-refractivity contribution >= 4 is 14.3 Å². The molecule has 0 aromatic carbocycles. The third kappa shape index (κ3) is 22.2. The lowest BCUT2D eigenvalue weighted by Crippen LogP contribution is -2.27. The molecule has 0 radical (unpaired) electrons. The molecule has 0 aliphatic carbocycles. The van der Waals surface area contributed by atoms with Crippen LogP contribution < -0.4 is 0 Å². The molecule has 0 unspecified atom stereocenters. The zero-order valence-corrected chi connectivity index (χ0v) is 22.7. The highest BCUT2D eigenvalue weighted by Gasteiger charge is 2.22. The number of esters is 1. The Kier molecular flexibility index (Phi) is 20.6. The van der Waals surface area contributed by atoms with E-state index in [0.29, 0.717) is 5.76 Å². The van der Waals surface area contributed by atoms with E-state index in [0.717, 1.165) is 12.8 Å². The van der Waals surface area contributed by atoms with E-state index in [4.69, 9.17) is 9.16 Å². The molecule has 0 aliphatic rings. The minimum atomic E-state index is -1.78.